The number of halogens is 1. The van der Waals surface area contributed by atoms with Gasteiger partial charge in [0, 0.05) is 17.7 Å². The zero-order valence-corrected chi connectivity index (χ0v) is 18.8. The van der Waals surface area contributed by atoms with E-state index in [2.05, 4.69) is 15.6 Å². The van der Waals surface area contributed by atoms with Crippen molar-refractivity contribution in [1.29, 1.82) is 0 Å². The number of benzene rings is 3. The molecule has 1 heterocycles. The molecule has 4 rings (SSSR count). The predicted octanol–water partition coefficient (Wildman–Crippen LogP) is 4.42. The van der Waals surface area contributed by atoms with Crippen LogP contribution in [0, 0.1) is 10.1 Å². The van der Waals surface area contributed by atoms with E-state index in [0.29, 0.717) is 12.1 Å². The van der Waals surface area contributed by atoms with Crippen LogP contribution in [0.25, 0.3) is 0 Å². The summed E-state index contributed by atoms with van der Waals surface area (Å²) in [5.41, 5.74) is 1.22. The number of amides is 1. The Balaban J connectivity index is 1.52. The lowest BCUT2D eigenvalue weighted by atomic mass is 10.1. The predicted molar refractivity (Wildman–Crippen MR) is 127 cm³/mol. The zero-order valence-electron chi connectivity index (χ0n) is 18.1. The van der Waals surface area contributed by atoms with E-state index < -0.39 is 22.9 Å². The number of ether oxygens (including phenoxy) is 1. The Labute approximate surface area is 204 Å². The van der Waals surface area contributed by atoms with E-state index in [9.17, 15) is 19.7 Å². The molecule has 176 valence electrons. The minimum absolute atomic E-state index is 0.0328. The van der Waals surface area contributed by atoms with Crippen molar-refractivity contribution in [2.45, 2.75) is 12.6 Å². The standard InChI is InChI=1S/C24H18ClN5O5/c25-19-13-18(30(33)34)11-12-20(19)26-23(31)22(17-9-5-2-6-10-17)35-24(32)21-15-29(28-27-21)14-16-7-3-1-4-8-16/h1-13,15,22H,14H2,(H,26,31). The number of hydrogen-bond acceptors (Lipinski definition) is 7. The molecule has 11 heteroatoms. The average molecular weight is 492 g/mol. The summed E-state index contributed by atoms with van der Waals surface area (Å²) in [6.45, 7) is 0.405. The summed E-state index contributed by atoms with van der Waals surface area (Å²) in [6.07, 6.45) is 0.0943. The Morgan fingerprint density at radius 1 is 1.06 bits per heavy atom. The summed E-state index contributed by atoms with van der Waals surface area (Å²) in [4.78, 5) is 36.2. The lowest BCUT2D eigenvalue weighted by Crippen LogP contribution is -2.26. The van der Waals surface area contributed by atoms with Crippen molar-refractivity contribution in [2.75, 3.05) is 5.32 Å². The van der Waals surface area contributed by atoms with E-state index in [1.165, 1.54) is 23.0 Å². The van der Waals surface area contributed by atoms with Gasteiger partial charge in [0.2, 0.25) is 6.10 Å². The fraction of sp³-hybridized carbons (Fsp3) is 0.0833. The van der Waals surface area contributed by atoms with Gasteiger partial charge in [-0.25, -0.2) is 9.48 Å². The molecule has 4 aromatic rings. The number of hydrogen-bond donors (Lipinski definition) is 1. The van der Waals surface area contributed by atoms with Gasteiger partial charge in [-0.1, -0.05) is 77.5 Å². The lowest BCUT2D eigenvalue weighted by molar-refractivity contribution is -0.384. The smallest absolute Gasteiger partial charge is 0.361 e. The van der Waals surface area contributed by atoms with Gasteiger partial charge >= 0.3 is 5.97 Å². The molecule has 1 atom stereocenters. The maximum absolute atomic E-state index is 13.1. The molecule has 1 amide bonds. The number of anilines is 1. The normalized spacial score (nSPS) is 11.5. The number of carbonyl (C=O) groups is 2. The summed E-state index contributed by atoms with van der Waals surface area (Å²) in [7, 11) is 0. The van der Waals surface area contributed by atoms with Crippen LogP contribution in [-0.4, -0.2) is 31.8 Å². The van der Waals surface area contributed by atoms with Gasteiger partial charge in [0.15, 0.2) is 5.69 Å². The van der Waals surface area contributed by atoms with Gasteiger partial charge < -0.3 is 10.1 Å². The van der Waals surface area contributed by atoms with E-state index in [-0.39, 0.29) is 22.1 Å². The van der Waals surface area contributed by atoms with Crippen LogP contribution in [0.4, 0.5) is 11.4 Å². The van der Waals surface area contributed by atoms with Gasteiger partial charge in [-0.05, 0) is 11.6 Å². The Hall–Kier alpha value is -4.57. The van der Waals surface area contributed by atoms with E-state index in [4.69, 9.17) is 16.3 Å². The van der Waals surface area contributed by atoms with Crippen LogP contribution < -0.4 is 5.32 Å². The molecule has 1 aromatic heterocycles. The first-order valence-corrected chi connectivity index (χ1v) is 10.7. The first-order chi connectivity index (χ1) is 16.9. The number of esters is 1. The van der Waals surface area contributed by atoms with Crippen LogP contribution in [0.1, 0.15) is 27.7 Å². The molecule has 0 aliphatic rings. The molecule has 35 heavy (non-hydrogen) atoms. The maximum atomic E-state index is 13.1. The molecule has 0 radical (unpaired) electrons. The molecule has 1 unspecified atom stereocenters. The maximum Gasteiger partial charge on any atom is 0.361 e. The van der Waals surface area contributed by atoms with Crippen LogP contribution in [0.15, 0.2) is 85.1 Å². The van der Waals surface area contributed by atoms with Crippen LogP contribution in [0.3, 0.4) is 0 Å². The van der Waals surface area contributed by atoms with Gasteiger partial charge in [0.05, 0.1) is 28.4 Å². The number of carbonyl (C=O) groups excluding carboxylic acids is 2. The molecule has 0 saturated carbocycles. The molecule has 1 N–H and O–H groups in total. The second kappa shape index (κ2) is 10.6. The number of nitro groups is 1. The molecule has 3 aromatic carbocycles. The minimum atomic E-state index is -1.34. The molecule has 0 spiro atoms. The Bertz CT molecular complexity index is 1360. The van der Waals surface area contributed by atoms with Gasteiger partial charge in [0.25, 0.3) is 11.6 Å². The number of aromatic nitrogens is 3. The van der Waals surface area contributed by atoms with Crippen molar-refractivity contribution in [3.63, 3.8) is 0 Å². The molecule has 0 saturated heterocycles. The lowest BCUT2D eigenvalue weighted by Gasteiger charge is -2.18. The summed E-state index contributed by atoms with van der Waals surface area (Å²) < 4.78 is 6.99. The van der Waals surface area contributed by atoms with E-state index in [0.717, 1.165) is 11.6 Å². The largest absolute Gasteiger partial charge is 0.442 e. The zero-order chi connectivity index (χ0) is 24.8. The van der Waals surface area contributed by atoms with Crippen molar-refractivity contribution < 1.29 is 19.2 Å². The fourth-order valence-corrected chi connectivity index (χ4v) is 3.45. The molecule has 0 fully saturated rings. The molecule has 0 bridgehead atoms. The van der Waals surface area contributed by atoms with Crippen LogP contribution in [-0.2, 0) is 16.1 Å². The van der Waals surface area contributed by atoms with E-state index >= 15 is 0 Å². The van der Waals surface area contributed by atoms with Crippen LogP contribution in [0.2, 0.25) is 5.02 Å². The summed E-state index contributed by atoms with van der Waals surface area (Å²) in [5, 5.41) is 21.3. The van der Waals surface area contributed by atoms with Gasteiger partial charge in [-0.2, -0.15) is 0 Å². The van der Waals surface area contributed by atoms with Crippen molar-refractivity contribution in [3.05, 3.63) is 117 Å². The molecule has 0 aliphatic heterocycles. The first-order valence-electron chi connectivity index (χ1n) is 10.4. The monoisotopic (exact) mass is 491 g/mol. The van der Waals surface area contributed by atoms with Crippen LogP contribution in [0.5, 0.6) is 0 Å². The van der Waals surface area contributed by atoms with Crippen molar-refractivity contribution in [1.82, 2.24) is 15.0 Å². The number of non-ortho nitro benzene ring substituents is 1. The highest BCUT2D eigenvalue weighted by atomic mass is 35.5. The minimum Gasteiger partial charge on any atom is -0.442 e. The van der Waals surface area contributed by atoms with Crippen molar-refractivity contribution >= 4 is 34.9 Å². The number of nitro benzene ring substituents is 1. The van der Waals surface area contributed by atoms with Gasteiger partial charge in [-0.3, -0.25) is 14.9 Å². The second-order valence-corrected chi connectivity index (χ2v) is 7.80. The van der Waals surface area contributed by atoms with Crippen molar-refractivity contribution in [2.24, 2.45) is 0 Å². The quantitative estimate of drug-likeness (QED) is 0.219. The second-order valence-electron chi connectivity index (χ2n) is 7.39. The Morgan fingerprint density at radius 2 is 1.74 bits per heavy atom. The number of rotatable bonds is 8. The van der Waals surface area contributed by atoms with Gasteiger partial charge in [0.1, 0.15) is 0 Å². The number of nitrogens with one attached hydrogen (secondary N) is 1. The summed E-state index contributed by atoms with van der Waals surface area (Å²) in [6, 6.07) is 21.5. The first kappa shape index (κ1) is 23.6. The van der Waals surface area contributed by atoms with E-state index in [1.807, 2.05) is 30.3 Å². The summed E-state index contributed by atoms with van der Waals surface area (Å²) in [5.74, 6) is -1.54. The third-order valence-electron chi connectivity index (χ3n) is 4.92. The Kier molecular flexibility index (Phi) is 7.12. The molecule has 0 aliphatic carbocycles. The van der Waals surface area contributed by atoms with Crippen molar-refractivity contribution in [3.8, 4) is 0 Å². The highest BCUT2D eigenvalue weighted by molar-refractivity contribution is 6.34. The SMILES string of the molecule is O=C(OC(C(=O)Nc1ccc([N+](=O)[O-])cc1Cl)c1ccccc1)c1cn(Cc2ccccc2)nn1. The topological polar surface area (TPSA) is 129 Å². The van der Waals surface area contributed by atoms with Crippen LogP contribution >= 0.6 is 11.6 Å². The van der Waals surface area contributed by atoms with E-state index in [1.54, 1.807) is 30.3 Å². The molecular formula is C24H18ClN5O5. The van der Waals surface area contributed by atoms with Gasteiger partial charge in [-0.15, -0.1) is 5.10 Å². The third kappa shape index (κ3) is 5.87. The number of nitrogens with zero attached hydrogens (tertiary/aromatic N) is 4. The average Bonchev–Trinajstić information content (AvgIpc) is 3.33. The highest BCUT2D eigenvalue weighted by Crippen LogP contribution is 2.28. The third-order valence-corrected chi connectivity index (χ3v) is 5.23. The highest BCUT2D eigenvalue weighted by Gasteiger charge is 2.28. The summed E-state index contributed by atoms with van der Waals surface area (Å²) >= 11 is 6.09. The Morgan fingerprint density at radius 3 is 2.40 bits per heavy atom. The molecular weight excluding hydrogens is 474 g/mol. The molecule has 10 nitrogen and oxygen atoms in total. The fourth-order valence-electron chi connectivity index (χ4n) is 3.23.